The van der Waals surface area contributed by atoms with Crippen molar-refractivity contribution >= 4 is 22.7 Å². The molecule has 1 saturated heterocycles. The van der Waals surface area contributed by atoms with Crippen LogP contribution in [0.25, 0.3) is 22.3 Å². The lowest BCUT2D eigenvalue weighted by Crippen LogP contribution is -2.22. The number of hydrogen-bond donors (Lipinski definition) is 2. The number of nitrogens with two attached hydrogens (primary N) is 1. The molecule has 0 aliphatic carbocycles. The van der Waals surface area contributed by atoms with Crippen molar-refractivity contribution in [2.45, 2.75) is 12.5 Å². The number of hydrogen-bond acceptors (Lipinski definition) is 6. The molecule has 4 rings (SSSR count). The van der Waals surface area contributed by atoms with E-state index in [2.05, 4.69) is 24.8 Å². The molecule has 1 fully saturated rings. The predicted octanol–water partition coefficient (Wildman–Crippen LogP) is 1.83. The van der Waals surface area contributed by atoms with E-state index in [4.69, 9.17) is 10.5 Å². The molecular formula is C16H18N6O. The van der Waals surface area contributed by atoms with Crippen LogP contribution < -0.4 is 10.6 Å². The molecule has 23 heavy (non-hydrogen) atoms. The maximum atomic E-state index is 5.73. The summed E-state index contributed by atoms with van der Waals surface area (Å²) in [5.41, 5.74) is 9.49. The third-order valence-corrected chi connectivity index (χ3v) is 4.32. The van der Waals surface area contributed by atoms with Crippen molar-refractivity contribution in [3.63, 3.8) is 0 Å². The molecule has 1 aliphatic heterocycles. The second-order valence-electron chi connectivity index (χ2n) is 5.65. The van der Waals surface area contributed by atoms with Gasteiger partial charge in [-0.3, -0.25) is 0 Å². The lowest BCUT2D eigenvalue weighted by molar-refractivity contribution is 0.121. The lowest BCUT2D eigenvalue weighted by atomic mass is 10.1. The molecule has 0 radical (unpaired) electrons. The van der Waals surface area contributed by atoms with Gasteiger partial charge in [0.05, 0.1) is 22.9 Å². The van der Waals surface area contributed by atoms with Crippen LogP contribution in [0.3, 0.4) is 0 Å². The second-order valence-corrected chi connectivity index (χ2v) is 5.65. The molecule has 4 heterocycles. The number of H-pyrrole nitrogens is 1. The van der Waals surface area contributed by atoms with Gasteiger partial charge in [0.15, 0.2) is 0 Å². The van der Waals surface area contributed by atoms with Crippen LogP contribution in [0.1, 0.15) is 6.42 Å². The molecule has 0 saturated carbocycles. The number of nitrogens with zero attached hydrogens (tertiary/aromatic N) is 4. The van der Waals surface area contributed by atoms with Gasteiger partial charge in [0, 0.05) is 44.4 Å². The molecule has 0 bridgehead atoms. The van der Waals surface area contributed by atoms with Crippen molar-refractivity contribution in [2.24, 2.45) is 0 Å². The van der Waals surface area contributed by atoms with Crippen molar-refractivity contribution in [1.82, 2.24) is 19.9 Å². The molecule has 0 spiro atoms. The molecule has 3 aromatic rings. The van der Waals surface area contributed by atoms with E-state index in [9.17, 15) is 0 Å². The van der Waals surface area contributed by atoms with Gasteiger partial charge in [-0.05, 0) is 18.6 Å². The number of fused-ring (bicyclic) bond motifs is 1. The van der Waals surface area contributed by atoms with Gasteiger partial charge < -0.3 is 20.4 Å². The van der Waals surface area contributed by atoms with Crippen LogP contribution in [0.4, 0.5) is 11.6 Å². The Hall–Kier alpha value is -2.67. The predicted molar refractivity (Wildman–Crippen MR) is 89.2 cm³/mol. The Bertz CT molecular complexity index is 845. The quantitative estimate of drug-likeness (QED) is 0.766. The molecule has 3 aromatic heterocycles. The molecule has 0 aromatic carbocycles. The zero-order valence-electron chi connectivity index (χ0n) is 12.9. The first-order valence-corrected chi connectivity index (χ1v) is 7.59. The maximum Gasteiger partial charge on any atom is 0.220 e. The summed E-state index contributed by atoms with van der Waals surface area (Å²) in [5.74, 6) is 0.267. The smallest absolute Gasteiger partial charge is 0.220 e. The van der Waals surface area contributed by atoms with Gasteiger partial charge in [0.1, 0.15) is 5.65 Å². The first-order valence-electron chi connectivity index (χ1n) is 7.59. The minimum absolute atomic E-state index is 0.267. The van der Waals surface area contributed by atoms with Crippen molar-refractivity contribution in [3.8, 4) is 11.3 Å². The van der Waals surface area contributed by atoms with E-state index < -0.39 is 0 Å². The van der Waals surface area contributed by atoms with E-state index in [1.54, 1.807) is 13.3 Å². The van der Waals surface area contributed by atoms with Crippen molar-refractivity contribution in [2.75, 3.05) is 30.8 Å². The fourth-order valence-electron chi connectivity index (χ4n) is 3.17. The molecule has 1 aliphatic rings. The second kappa shape index (κ2) is 5.51. The van der Waals surface area contributed by atoms with E-state index in [0.29, 0.717) is 0 Å². The molecule has 118 valence electrons. The zero-order valence-corrected chi connectivity index (χ0v) is 12.9. The third-order valence-electron chi connectivity index (χ3n) is 4.32. The highest BCUT2D eigenvalue weighted by Crippen LogP contribution is 2.35. The fraction of sp³-hybridized carbons (Fsp3) is 0.312. The molecule has 1 atom stereocenters. The van der Waals surface area contributed by atoms with Gasteiger partial charge in [-0.1, -0.05) is 0 Å². The number of aromatic amines is 1. The highest BCUT2D eigenvalue weighted by Gasteiger charge is 2.25. The first-order chi connectivity index (χ1) is 11.3. The molecule has 0 unspecified atom stereocenters. The van der Waals surface area contributed by atoms with Crippen molar-refractivity contribution in [3.05, 3.63) is 30.7 Å². The summed E-state index contributed by atoms with van der Waals surface area (Å²) in [6, 6.07) is 3.90. The van der Waals surface area contributed by atoms with E-state index >= 15 is 0 Å². The minimum atomic E-state index is 0.267. The van der Waals surface area contributed by atoms with Crippen LogP contribution in [0.2, 0.25) is 0 Å². The standard InChI is InChI=1S/C16H18N6O/c1-23-10-4-7-22(9-10)13-3-6-18-15-14(13)11(8-20-15)12-2-5-19-16(17)21-12/h2-3,5-6,8,10H,4,7,9H2,1H3,(H,18,20)(H2,17,19,21)/t10-/m0/s1. The SMILES string of the molecule is CO[C@H]1CCN(c2ccnc3[nH]cc(-c4ccnc(N)n4)c23)C1. The molecule has 7 heteroatoms. The summed E-state index contributed by atoms with van der Waals surface area (Å²) in [6.07, 6.45) is 6.72. The van der Waals surface area contributed by atoms with Crippen LogP contribution >= 0.6 is 0 Å². The average molecular weight is 310 g/mol. The minimum Gasteiger partial charge on any atom is -0.380 e. The van der Waals surface area contributed by atoms with Crippen LogP contribution in [0.5, 0.6) is 0 Å². The molecule has 0 amide bonds. The summed E-state index contributed by atoms with van der Waals surface area (Å²) < 4.78 is 5.48. The summed E-state index contributed by atoms with van der Waals surface area (Å²) in [5, 5.41) is 1.06. The number of anilines is 2. The average Bonchev–Trinajstić information content (AvgIpc) is 3.21. The Kier molecular flexibility index (Phi) is 3.34. The largest absolute Gasteiger partial charge is 0.380 e. The Morgan fingerprint density at radius 2 is 2.17 bits per heavy atom. The molecule has 7 nitrogen and oxygen atoms in total. The number of methoxy groups -OCH3 is 1. The number of aromatic nitrogens is 4. The van der Waals surface area contributed by atoms with Gasteiger partial charge >= 0.3 is 0 Å². The van der Waals surface area contributed by atoms with Gasteiger partial charge in [-0.25, -0.2) is 15.0 Å². The van der Waals surface area contributed by atoms with Crippen molar-refractivity contribution < 1.29 is 4.74 Å². The van der Waals surface area contributed by atoms with E-state index in [1.807, 2.05) is 24.5 Å². The topological polar surface area (TPSA) is 93.0 Å². The number of nitrogen functional groups attached to an aromatic ring is 1. The Morgan fingerprint density at radius 1 is 1.30 bits per heavy atom. The van der Waals surface area contributed by atoms with E-state index in [0.717, 1.165) is 47.5 Å². The first kappa shape index (κ1) is 14.0. The van der Waals surface area contributed by atoms with Gasteiger partial charge in [0.2, 0.25) is 5.95 Å². The summed E-state index contributed by atoms with van der Waals surface area (Å²) in [7, 11) is 1.77. The van der Waals surface area contributed by atoms with Gasteiger partial charge in [0.25, 0.3) is 0 Å². The normalized spacial score (nSPS) is 18.0. The lowest BCUT2D eigenvalue weighted by Gasteiger charge is -2.19. The van der Waals surface area contributed by atoms with Gasteiger partial charge in [-0.15, -0.1) is 0 Å². The van der Waals surface area contributed by atoms with E-state index in [1.165, 1.54) is 0 Å². The summed E-state index contributed by atoms with van der Waals surface area (Å²) in [6.45, 7) is 1.85. The Morgan fingerprint density at radius 3 is 2.96 bits per heavy atom. The Labute approximate surface area is 133 Å². The van der Waals surface area contributed by atoms with Crippen LogP contribution in [-0.2, 0) is 4.74 Å². The Balaban J connectivity index is 1.84. The molecular weight excluding hydrogens is 292 g/mol. The van der Waals surface area contributed by atoms with Crippen molar-refractivity contribution in [1.29, 1.82) is 0 Å². The van der Waals surface area contributed by atoms with Crippen LogP contribution in [0, 0.1) is 0 Å². The number of ether oxygens (including phenoxy) is 1. The third kappa shape index (κ3) is 2.39. The number of nitrogens with one attached hydrogen (secondary N) is 1. The van der Waals surface area contributed by atoms with Crippen LogP contribution in [-0.4, -0.2) is 46.2 Å². The van der Waals surface area contributed by atoms with Gasteiger partial charge in [-0.2, -0.15) is 0 Å². The summed E-state index contributed by atoms with van der Waals surface area (Å²) in [4.78, 5) is 18.3. The highest BCUT2D eigenvalue weighted by atomic mass is 16.5. The van der Waals surface area contributed by atoms with Crippen LogP contribution in [0.15, 0.2) is 30.7 Å². The maximum absolute atomic E-state index is 5.73. The molecule has 3 N–H and O–H groups in total. The zero-order chi connectivity index (χ0) is 15.8. The summed E-state index contributed by atoms with van der Waals surface area (Å²) >= 11 is 0. The monoisotopic (exact) mass is 310 g/mol. The highest BCUT2D eigenvalue weighted by molar-refractivity contribution is 6.02. The number of rotatable bonds is 3. The fourth-order valence-corrected chi connectivity index (χ4v) is 3.17. The van der Waals surface area contributed by atoms with E-state index in [-0.39, 0.29) is 12.1 Å². The number of pyridine rings is 1.